The Morgan fingerprint density at radius 1 is 1.10 bits per heavy atom. The Labute approximate surface area is 115 Å². The number of likely N-dealkylation sites (tertiary alicyclic amines) is 1. The number of Topliss-reactive ketones (excluding diaryl/α,β-unsaturated/α-hetero) is 1. The first-order valence-corrected chi connectivity index (χ1v) is 6.52. The fraction of sp³-hybridized carbons (Fsp3) is 0.429. The van der Waals surface area contributed by atoms with Gasteiger partial charge in [0.25, 0.3) is 5.78 Å². The van der Waals surface area contributed by atoms with Gasteiger partial charge in [0.05, 0.1) is 17.9 Å². The molecule has 1 amide bonds. The summed E-state index contributed by atoms with van der Waals surface area (Å²) in [6.45, 7) is 0.212. The Balaban J connectivity index is 1.81. The van der Waals surface area contributed by atoms with Gasteiger partial charge in [-0.05, 0) is 12.1 Å². The Morgan fingerprint density at radius 2 is 1.75 bits per heavy atom. The van der Waals surface area contributed by atoms with Gasteiger partial charge in [-0.25, -0.2) is 8.78 Å². The quantitative estimate of drug-likeness (QED) is 0.772. The Kier molecular flexibility index (Phi) is 3.25. The number of carbonyl (C=O) groups excluding carboxylic acids is 2. The maximum absolute atomic E-state index is 13.4. The average molecular weight is 280 g/mol. The van der Waals surface area contributed by atoms with Crippen molar-refractivity contribution >= 4 is 17.4 Å². The fourth-order valence-electron chi connectivity index (χ4n) is 2.77. The third-order valence-electron chi connectivity index (χ3n) is 3.64. The van der Waals surface area contributed by atoms with Gasteiger partial charge in [0.2, 0.25) is 0 Å². The van der Waals surface area contributed by atoms with E-state index in [0.717, 1.165) is 0 Å². The van der Waals surface area contributed by atoms with Gasteiger partial charge in [-0.3, -0.25) is 19.4 Å². The van der Waals surface area contributed by atoms with Gasteiger partial charge < -0.3 is 0 Å². The van der Waals surface area contributed by atoms with E-state index in [9.17, 15) is 18.4 Å². The van der Waals surface area contributed by atoms with Crippen molar-refractivity contribution < 1.29 is 18.4 Å². The van der Waals surface area contributed by atoms with Crippen LogP contribution in [0.5, 0.6) is 0 Å². The van der Waals surface area contributed by atoms with E-state index in [0.29, 0.717) is 11.3 Å². The topological polar surface area (TPSA) is 40.6 Å². The van der Waals surface area contributed by atoms with Gasteiger partial charge in [0, 0.05) is 19.5 Å². The number of alkyl halides is 2. The van der Waals surface area contributed by atoms with Crippen LogP contribution in [-0.2, 0) is 4.79 Å². The highest BCUT2D eigenvalue weighted by atomic mass is 19.1. The summed E-state index contributed by atoms with van der Waals surface area (Å²) in [6.07, 6.45) is -2.57. The molecule has 2 aliphatic heterocycles. The van der Waals surface area contributed by atoms with E-state index in [1.807, 2.05) is 0 Å². The molecule has 4 nitrogen and oxygen atoms in total. The summed E-state index contributed by atoms with van der Waals surface area (Å²) >= 11 is 0. The van der Waals surface area contributed by atoms with Gasteiger partial charge in [0.15, 0.2) is 0 Å². The highest BCUT2D eigenvalue weighted by molar-refractivity contribution is 6.52. The second-order valence-corrected chi connectivity index (χ2v) is 5.19. The molecule has 1 fully saturated rings. The van der Waals surface area contributed by atoms with Gasteiger partial charge in [-0.2, -0.15) is 0 Å². The molecule has 1 aromatic carbocycles. The number of hydrogen-bond donors (Lipinski definition) is 0. The predicted octanol–water partition coefficient (Wildman–Crippen LogP) is 1.56. The normalized spacial score (nSPS) is 27.0. The minimum absolute atomic E-state index is 0.0441. The molecule has 0 spiro atoms. The lowest BCUT2D eigenvalue weighted by Crippen LogP contribution is -2.49. The number of hydrogen-bond acceptors (Lipinski definition) is 3. The van der Waals surface area contributed by atoms with E-state index in [4.69, 9.17) is 0 Å². The van der Waals surface area contributed by atoms with Crippen LogP contribution >= 0.6 is 0 Å². The fourth-order valence-corrected chi connectivity index (χ4v) is 2.77. The van der Waals surface area contributed by atoms with Gasteiger partial charge in [-0.15, -0.1) is 0 Å². The van der Waals surface area contributed by atoms with E-state index < -0.39 is 24.0 Å². The van der Waals surface area contributed by atoms with E-state index in [1.165, 1.54) is 9.80 Å². The zero-order valence-electron chi connectivity index (χ0n) is 10.8. The molecule has 1 aromatic rings. The Morgan fingerprint density at radius 3 is 2.45 bits per heavy atom. The van der Waals surface area contributed by atoms with E-state index in [2.05, 4.69) is 0 Å². The number of benzene rings is 1. The third-order valence-corrected chi connectivity index (χ3v) is 3.64. The molecule has 2 aliphatic rings. The van der Waals surface area contributed by atoms with Crippen LogP contribution in [0.4, 0.5) is 14.5 Å². The van der Waals surface area contributed by atoms with Crippen molar-refractivity contribution in [3.8, 4) is 0 Å². The van der Waals surface area contributed by atoms with E-state index >= 15 is 0 Å². The van der Waals surface area contributed by atoms with Crippen LogP contribution in [0.2, 0.25) is 0 Å². The smallest absolute Gasteiger partial charge is 0.291 e. The second kappa shape index (κ2) is 4.94. The van der Waals surface area contributed by atoms with Gasteiger partial charge in [-0.1, -0.05) is 12.1 Å². The van der Waals surface area contributed by atoms with Crippen LogP contribution in [-0.4, -0.2) is 48.7 Å². The van der Waals surface area contributed by atoms with Crippen molar-refractivity contribution in [1.82, 2.24) is 4.90 Å². The highest BCUT2D eigenvalue weighted by Gasteiger charge is 2.37. The third kappa shape index (κ3) is 2.20. The van der Waals surface area contributed by atoms with Crippen molar-refractivity contribution in [1.29, 1.82) is 0 Å². The molecule has 6 heteroatoms. The lowest BCUT2D eigenvalue weighted by Gasteiger charge is -2.33. The molecule has 20 heavy (non-hydrogen) atoms. The molecule has 106 valence electrons. The lowest BCUT2D eigenvalue weighted by molar-refractivity contribution is -0.114. The zero-order valence-corrected chi connectivity index (χ0v) is 10.8. The summed E-state index contributed by atoms with van der Waals surface area (Å²) in [5, 5.41) is 0. The second-order valence-electron chi connectivity index (χ2n) is 5.19. The number of piperidine rings is 1. The summed E-state index contributed by atoms with van der Waals surface area (Å²) in [6, 6.07) is 6.66. The minimum atomic E-state index is -1.23. The summed E-state index contributed by atoms with van der Waals surface area (Å²) in [5.41, 5.74) is 0.863. The molecule has 0 aromatic heterocycles. The standard InChI is InChI=1S/C14H14F2N2O2/c15-9-5-10(16)7-17(6-9)8-18-12-4-2-1-3-11(12)13(19)14(18)20/h1-4,9-10H,5-8H2/t9-,10+. The maximum atomic E-state index is 13.4. The molecule has 0 bridgehead atoms. The molecular weight excluding hydrogens is 266 g/mol. The van der Waals surface area contributed by atoms with Crippen LogP contribution in [0.15, 0.2) is 24.3 Å². The number of para-hydroxylation sites is 1. The van der Waals surface area contributed by atoms with Crippen molar-refractivity contribution in [3.05, 3.63) is 29.8 Å². The van der Waals surface area contributed by atoms with Crippen LogP contribution in [0.3, 0.4) is 0 Å². The van der Waals surface area contributed by atoms with Crippen molar-refractivity contribution in [2.24, 2.45) is 0 Å². The molecule has 1 saturated heterocycles. The van der Waals surface area contributed by atoms with Crippen LogP contribution in [0, 0.1) is 0 Å². The number of rotatable bonds is 2. The molecule has 2 heterocycles. The summed E-state index contributed by atoms with van der Waals surface area (Å²) in [4.78, 5) is 26.6. The average Bonchev–Trinajstić information content (AvgIpc) is 2.64. The van der Waals surface area contributed by atoms with Crippen molar-refractivity contribution in [3.63, 3.8) is 0 Å². The molecule has 3 rings (SSSR count). The van der Waals surface area contributed by atoms with Gasteiger partial charge in [0.1, 0.15) is 12.3 Å². The molecule has 2 atom stereocenters. The zero-order chi connectivity index (χ0) is 14.3. The summed E-state index contributed by atoms with van der Waals surface area (Å²) in [7, 11) is 0. The molecule has 0 radical (unpaired) electrons. The first-order valence-electron chi connectivity index (χ1n) is 6.52. The first-order chi connectivity index (χ1) is 9.56. The molecular formula is C14H14F2N2O2. The first kappa shape index (κ1) is 13.2. The Bertz CT molecular complexity index is 554. The number of fused-ring (bicyclic) bond motifs is 1. The van der Waals surface area contributed by atoms with E-state index in [1.54, 1.807) is 24.3 Å². The SMILES string of the molecule is O=C1C(=O)N(CN2C[C@H](F)C[C@H](F)C2)c2ccccc21. The number of halogens is 2. The summed E-state index contributed by atoms with van der Waals surface area (Å²) < 4.78 is 26.8. The summed E-state index contributed by atoms with van der Waals surface area (Å²) in [5.74, 6) is -1.20. The van der Waals surface area contributed by atoms with Crippen LogP contribution in [0.25, 0.3) is 0 Å². The molecule has 0 aliphatic carbocycles. The number of ketones is 1. The van der Waals surface area contributed by atoms with Crippen molar-refractivity contribution in [2.45, 2.75) is 18.8 Å². The van der Waals surface area contributed by atoms with E-state index in [-0.39, 0.29) is 26.2 Å². The van der Waals surface area contributed by atoms with Crippen LogP contribution < -0.4 is 4.90 Å². The largest absolute Gasteiger partial charge is 0.300 e. The lowest BCUT2D eigenvalue weighted by atomic mass is 10.1. The van der Waals surface area contributed by atoms with Gasteiger partial charge >= 0.3 is 5.91 Å². The number of carbonyl (C=O) groups is 2. The van der Waals surface area contributed by atoms with Crippen LogP contribution in [0.1, 0.15) is 16.8 Å². The predicted molar refractivity (Wildman–Crippen MR) is 69.1 cm³/mol. The number of amides is 1. The number of nitrogens with zero attached hydrogens (tertiary/aromatic N) is 2. The number of anilines is 1. The molecule has 0 saturated carbocycles. The monoisotopic (exact) mass is 280 g/mol. The Hall–Kier alpha value is -1.82. The molecule has 0 unspecified atom stereocenters. The van der Waals surface area contributed by atoms with Crippen molar-refractivity contribution in [2.75, 3.05) is 24.7 Å². The highest BCUT2D eigenvalue weighted by Crippen LogP contribution is 2.29. The minimum Gasteiger partial charge on any atom is -0.291 e. The maximum Gasteiger partial charge on any atom is 0.300 e. The molecule has 0 N–H and O–H groups in total.